The summed E-state index contributed by atoms with van der Waals surface area (Å²) in [5.74, 6) is 0.211. The molecular weight excluding hydrogens is 420 g/mol. The minimum Gasteiger partial charge on any atom is -0.494 e. The molecule has 0 fully saturated rings. The van der Waals surface area contributed by atoms with E-state index in [1.54, 1.807) is 35.7 Å². The van der Waals surface area contributed by atoms with Gasteiger partial charge in [0, 0.05) is 12.7 Å². The van der Waals surface area contributed by atoms with Gasteiger partial charge in [0.15, 0.2) is 0 Å². The topological polar surface area (TPSA) is 75.7 Å². The van der Waals surface area contributed by atoms with E-state index in [0.29, 0.717) is 23.7 Å². The number of ether oxygens (including phenoxy) is 1. The molecule has 3 aromatic rings. The van der Waals surface area contributed by atoms with E-state index in [0.717, 1.165) is 26.8 Å². The van der Waals surface area contributed by atoms with E-state index < -0.39 is 15.9 Å². The number of carbonyl (C=O) groups is 1. The lowest BCUT2D eigenvalue weighted by molar-refractivity contribution is 0.102. The molecule has 0 spiro atoms. The van der Waals surface area contributed by atoms with Crippen LogP contribution in [0.25, 0.3) is 0 Å². The molecule has 1 heterocycles. The fourth-order valence-electron chi connectivity index (χ4n) is 2.88. The van der Waals surface area contributed by atoms with E-state index in [4.69, 9.17) is 4.74 Å². The van der Waals surface area contributed by atoms with Crippen molar-refractivity contribution in [3.63, 3.8) is 0 Å². The molecule has 0 bridgehead atoms. The number of carbonyl (C=O) groups excluding carboxylic acids is 1. The van der Waals surface area contributed by atoms with Gasteiger partial charge in [0.1, 0.15) is 15.5 Å². The average molecular weight is 445 g/mol. The lowest BCUT2D eigenvalue weighted by Gasteiger charge is -2.20. The molecule has 3 rings (SSSR count). The molecular formula is C22H24N2O4S2. The molecule has 0 aliphatic heterocycles. The number of nitrogens with one attached hydrogen (secondary N) is 1. The largest absolute Gasteiger partial charge is 0.494 e. The summed E-state index contributed by atoms with van der Waals surface area (Å²) in [7, 11) is -2.45. The monoisotopic (exact) mass is 444 g/mol. The highest BCUT2D eigenvalue weighted by Gasteiger charge is 2.28. The molecule has 1 N–H and O–H groups in total. The Hall–Kier alpha value is -2.84. The van der Waals surface area contributed by atoms with E-state index in [2.05, 4.69) is 5.32 Å². The van der Waals surface area contributed by atoms with Crippen LogP contribution in [0.4, 0.5) is 11.4 Å². The number of sulfonamides is 1. The number of hydrogen-bond acceptors (Lipinski definition) is 5. The molecule has 8 heteroatoms. The van der Waals surface area contributed by atoms with Crippen LogP contribution in [-0.2, 0) is 10.0 Å². The van der Waals surface area contributed by atoms with Crippen LogP contribution in [-0.4, -0.2) is 28.0 Å². The minimum absolute atomic E-state index is 0.0229. The minimum atomic E-state index is -3.91. The summed E-state index contributed by atoms with van der Waals surface area (Å²) in [5.41, 5.74) is 3.26. The van der Waals surface area contributed by atoms with Gasteiger partial charge >= 0.3 is 0 Å². The third kappa shape index (κ3) is 4.49. The fraction of sp³-hybridized carbons (Fsp3) is 0.227. The van der Waals surface area contributed by atoms with Crippen LogP contribution in [0.5, 0.6) is 5.75 Å². The fourth-order valence-corrected chi connectivity index (χ4v) is 5.37. The van der Waals surface area contributed by atoms with Crippen molar-refractivity contribution in [1.29, 1.82) is 0 Å². The highest BCUT2D eigenvalue weighted by Crippen LogP contribution is 2.29. The van der Waals surface area contributed by atoms with Crippen molar-refractivity contribution in [3.8, 4) is 5.75 Å². The van der Waals surface area contributed by atoms with Gasteiger partial charge in [-0.25, -0.2) is 8.42 Å². The van der Waals surface area contributed by atoms with Crippen LogP contribution in [0.2, 0.25) is 0 Å². The zero-order chi connectivity index (χ0) is 21.9. The summed E-state index contributed by atoms with van der Waals surface area (Å²) >= 11 is 1.09. The number of anilines is 2. The van der Waals surface area contributed by atoms with Gasteiger partial charge in [0.05, 0.1) is 12.3 Å². The highest BCUT2D eigenvalue weighted by molar-refractivity contribution is 7.93. The average Bonchev–Trinajstić information content (AvgIpc) is 3.22. The molecule has 158 valence electrons. The molecule has 0 aliphatic rings. The Morgan fingerprint density at radius 1 is 1.07 bits per heavy atom. The number of amides is 1. The first-order valence-corrected chi connectivity index (χ1v) is 11.7. The molecule has 0 saturated carbocycles. The van der Waals surface area contributed by atoms with Crippen LogP contribution in [0, 0.1) is 13.8 Å². The second-order valence-corrected chi connectivity index (χ2v) is 9.62. The normalized spacial score (nSPS) is 11.2. The van der Waals surface area contributed by atoms with Gasteiger partial charge in [-0.1, -0.05) is 6.07 Å². The predicted octanol–water partition coefficient (Wildman–Crippen LogP) is 4.84. The summed E-state index contributed by atoms with van der Waals surface area (Å²) < 4.78 is 33.0. The molecule has 30 heavy (non-hydrogen) atoms. The number of hydrogen-bond donors (Lipinski definition) is 1. The number of rotatable bonds is 7. The molecule has 0 saturated heterocycles. The Bertz CT molecular complexity index is 1150. The van der Waals surface area contributed by atoms with Gasteiger partial charge in [-0.2, -0.15) is 0 Å². The maximum absolute atomic E-state index is 13.2. The summed E-state index contributed by atoms with van der Waals surface area (Å²) in [6.45, 7) is 6.35. The van der Waals surface area contributed by atoms with Crippen LogP contribution >= 0.6 is 11.3 Å². The third-order valence-corrected chi connectivity index (χ3v) is 7.62. The quantitative estimate of drug-likeness (QED) is 0.566. The predicted molar refractivity (Wildman–Crippen MR) is 121 cm³/mol. The maximum atomic E-state index is 13.2. The van der Waals surface area contributed by atoms with E-state index in [1.807, 2.05) is 32.9 Å². The molecule has 6 nitrogen and oxygen atoms in total. The Labute approximate surface area is 181 Å². The Morgan fingerprint density at radius 2 is 1.77 bits per heavy atom. The lowest BCUT2D eigenvalue weighted by Crippen LogP contribution is -2.28. The standard InChI is InChI=1S/C22H24N2O4S2/c1-5-28-19-10-8-18(9-11-19)24(4)30(26,27)20-12-13-29-21(20)22(25)23-17-7-6-15(2)16(3)14-17/h6-14H,5H2,1-4H3,(H,23,25). The van der Waals surface area contributed by atoms with Crippen LogP contribution in [0.3, 0.4) is 0 Å². The van der Waals surface area contributed by atoms with Crippen LogP contribution in [0.15, 0.2) is 58.8 Å². The second kappa shape index (κ2) is 8.89. The van der Waals surface area contributed by atoms with Crippen molar-refractivity contribution >= 4 is 38.6 Å². The number of thiophene rings is 1. The molecule has 2 aromatic carbocycles. The first-order chi connectivity index (χ1) is 14.2. The molecule has 0 atom stereocenters. The lowest BCUT2D eigenvalue weighted by atomic mass is 10.1. The summed E-state index contributed by atoms with van der Waals surface area (Å²) in [6.07, 6.45) is 0. The summed E-state index contributed by atoms with van der Waals surface area (Å²) in [6, 6.07) is 13.8. The smallest absolute Gasteiger partial charge is 0.267 e. The van der Waals surface area contributed by atoms with Crippen molar-refractivity contribution in [2.45, 2.75) is 25.7 Å². The van der Waals surface area contributed by atoms with Crippen molar-refractivity contribution in [1.82, 2.24) is 0 Å². The first-order valence-electron chi connectivity index (χ1n) is 9.42. The van der Waals surface area contributed by atoms with Gasteiger partial charge in [0.2, 0.25) is 0 Å². The molecule has 0 aliphatic carbocycles. The van der Waals surface area contributed by atoms with Gasteiger partial charge in [-0.05, 0) is 79.7 Å². The van der Waals surface area contributed by atoms with Gasteiger partial charge in [0.25, 0.3) is 15.9 Å². The van der Waals surface area contributed by atoms with Crippen LogP contribution < -0.4 is 14.4 Å². The van der Waals surface area contributed by atoms with Gasteiger partial charge in [-0.15, -0.1) is 11.3 Å². The summed E-state index contributed by atoms with van der Waals surface area (Å²) in [5, 5.41) is 4.40. The van der Waals surface area contributed by atoms with E-state index >= 15 is 0 Å². The second-order valence-electron chi connectivity index (χ2n) is 6.77. The van der Waals surface area contributed by atoms with Crippen molar-refractivity contribution in [2.24, 2.45) is 0 Å². The number of aryl methyl sites for hydroxylation is 2. The van der Waals surface area contributed by atoms with Crippen LogP contribution in [0.1, 0.15) is 27.7 Å². The summed E-state index contributed by atoms with van der Waals surface area (Å²) in [4.78, 5) is 12.9. The zero-order valence-corrected chi connectivity index (χ0v) is 18.9. The molecule has 1 amide bonds. The Kier molecular flexibility index (Phi) is 6.48. The van der Waals surface area contributed by atoms with Gasteiger partial charge in [-0.3, -0.25) is 9.10 Å². The highest BCUT2D eigenvalue weighted by atomic mass is 32.2. The van der Waals surface area contributed by atoms with Crippen molar-refractivity contribution in [2.75, 3.05) is 23.3 Å². The Balaban J connectivity index is 1.86. The zero-order valence-electron chi connectivity index (χ0n) is 17.3. The SMILES string of the molecule is CCOc1ccc(N(C)S(=O)(=O)c2ccsc2C(=O)Nc2ccc(C)c(C)c2)cc1. The number of nitrogens with zero attached hydrogens (tertiary/aromatic N) is 1. The maximum Gasteiger partial charge on any atom is 0.267 e. The van der Waals surface area contributed by atoms with E-state index in [9.17, 15) is 13.2 Å². The van der Waals surface area contributed by atoms with E-state index in [1.165, 1.54) is 13.1 Å². The van der Waals surface area contributed by atoms with Gasteiger partial charge < -0.3 is 10.1 Å². The van der Waals surface area contributed by atoms with Crippen molar-refractivity contribution in [3.05, 3.63) is 69.9 Å². The molecule has 1 aromatic heterocycles. The Morgan fingerprint density at radius 3 is 2.40 bits per heavy atom. The third-order valence-electron chi connectivity index (χ3n) is 4.75. The van der Waals surface area contributed by atoms with Crippen molar-refractivity contribution < 1.29 is 17.9 Å². The molecule has 0 radical (unpaired) electrons. The van der Waals surface area contributed by atoms with E-state index in [-0.39, 0.29) is 9.77 Å². The molecule has 0 unspecified atom stereocenters. The number of benzene rings is 2. The first kappa shape index (κ1) is 21.9.